The Morgan fingerprint density at radius 2 is 2.00 bits per heavy atom. The molecule has 0 aromatic heterocycles. The molecule has 1 fully saturated rings. The van der Waals surface area contributed by atoms with Crippen LogP contribution in [0.25, 0.3) is 0 Å². The van der Waals surface area contributed by atoms with E-state index in [4.69, 9.17) is 9.47 Å². The number of carbonyl (C=O) groups is 1. The normalized spacial score (nSPS) is 30.1. The standard InChI is InChI=1S/C13H22O5/c1-4-8(5-2)6-7-9(14)11-10(15)12(17-3)13(16)18-11/h6-12,14-15H,4-5H2,1-3H3/b7-6+/t9-,10?,11?,12-/m1/s1. The number of allylic oxidation sites excluding steroid dienone is 1. The number of methoxy groups -OCH3 is 1. The topological polar surface area (TPSA) is 76.0 Å². The molecule has 0 radical (unpaired) electrons. The molecular formula is C13H22O5. The van der Waals surface area contributed by atoms with Crippen LogP contribution in [-0.2, 0) is 14.3 Å². The van der Waals surface area contributed by atoms with Crippen LogP contribution in [0.5, 0.6) is 0 Å². The van der Waals surface area contributed by atoms with Crippen LogP contribution in [0, 0.1) is 5.92 Å². The zero-order valence-electron chi connectivity index (χ0n) is 11.1. The highest BCUT2D eigenvalue weighted by Crippen LogP contribution is 2.22. The van der Waals surface area contributed by atoms with Crippen molar-refractivity contribution in [3.8, 4) is 0 Å². The first-order chi connectivity index (χ1) is 8.54. The first kappa shape index (κ1) is 15.1. The van der Waals surface area contributed by atoms with E-state index in [9.17, 15) is 15.0 Å². The van der Waals surface area contributed by atoms with Crippen molar-refractivity contribution >= 4 is 5.97 Å². The van der Waals surface area contributed by atoms with Crippen LogP contribution in [0.2, 0.25) is 0 Å². The third-order valence-electron chi connectivity index (χ3n) is 3.35. The van der Waals surface area contributed by atoms with Gasteiger partial charge in [-0.1, -0.05) is 26.0 Å². The monoisotopic (exact) mass is 258 g/mol. The van der Waals surface area contributed by atoms with Gasteiger partial charge in [-0.3, -0.25) is 0 Å². The minimum Gasteiger partial charge on any atom is -0.454 e. The van der Waals surface area contributed by atoms with E-state index >= 15 is 0 Å². The quantitative estimate of drug-likeness (QED) is 0.540. The molecule has 4 atom stereocenters. The van der Waals surface area contributed by atoms with Crippen LogP contribution < -0.4 is 0 Å². The summed E-state index contributed by atoms with van der Waals surface area (Å²) in [6, 6.07) is 0. The highest BCUT2D eigenvalue weighted by molar-refractivity contribution is 5.78. The zero-order valence-corrected chi connectivity index (χ0v) is 11.1. The third-order valence-corrected chi connectivity index (χ3v) is 3.35. The molecule has 0 spiro atoms. The number of aliphatic hydroxyl groups is 2. The molecule has 5 nitrogen and oxygen atoms in total. The minimum absolute atomic E-state index is 0.382. The van der Waals surface area contributed by atoms with Gasteiger partial charge in [0.25, 0.3) is 0 Å². The second-order valence-corrected chi connectivity index (χ2v) is 4.50. The Balaban J connectivity index is 2.62. The predicted molar refractivity (Wildman–Crippen MR) is 65.9 cm³/mol. The van der Waals surface area contributed by atoms with Gasteiger partial charge in [-0.2, -0.15) is 0 Å². The molecule has 0 aliphatic carbocycles. The van der Waals surface area contributed by atoms with Crippen molar-refractivity contribution in [1.82, 2.24) is 0 Å². The molecule has 104 valence electrons. The number of cyclic esters (lactones) is 1. The van der Waals surface area contributed by atoms with Gasteiger partial charge in [-0.15, -0.1) is 0 Å². The van der Waals surface area contributed by atoms with E-state index < -0.39 is 30.4 Å². The molecule has 1 aliphatic heterocycles. The molecule has 2 unspecified atom stereocenters. The van der Waals surface area contributed by atoms with Gasteiger partial charge in [0.2, 0.25) is 0 Å². The summed E-state index contributed by atoms with van der Waals surface area (Å²) in [4.78, 5) is 11.3. The zero-order chi connectivity index (χ0) is 13.7. The lowest BCUT2D eigenvalue weighted by Gasteiger charge is -2.18. The lowest BCUT2D eigenvalue weighted by Crippen LogP contribution is -2.38. The van der Waals surface area contributed by atoms with Crippen LogP contribution in [0.15, 0.2) is 12.2 Å². The molecule has 1 rings (SSSR count). The molecule has 1 aliphatic rings. The SMILES string of the molecule is CCC(/C=C/[C@@H](O)C1OC(=O)[C@H](OC)C1O)CC. The maximum Gasteiger partial charge on any atom is 0.338 e. The van der Waals surface area contributed by atoms with Crippen LogP contribution in [0.3, 0.4) is 0 Å². The summed E-state index contributed by atoms with van der Waals surface area (Å²) in [6.45, 7) is 4.13. The van der Waals surface area contributed by atoms with E-state index in [2.05, 4.69) is 13.8 Å². The molecule has 0 bridgehead atoms. The van der Waals surface area contributed by atoms with Crippen molar-refractivity contribution in [2.24, 2.45) is 5.92 Å². The van der Waals surface area contributed by atoms with Crippen LogP contribution in [-0.4, -0.2) is 47.7 Å². The van der Waals surface area contributed by atoms with Gasteiger partial charge in [-0.05, 0) is 18.8 Å². The van der Waals surface area contributed by atoms with E-state index in [0.717, 1.165) is 12.8 Å². The molecular weight excluding hydrogens is 236 g/mol. The minimum atomic E-state index is -1.14. The first-order valence-corrected chi connectivity index (χ1v) is 6.32. The Bertz CT molecular complexity index is 298. The number of hydrogen-bond donors (Lipinski definition) is 2. The highest BCUT2D eigenvalue weighted by atomic mass is 16.6. The number of aliphatic hydroxyl groups excluding tert-OH is 2. The van der Waals surface area contributed by atoms with Crippen molar-refractivity contribution in [3.63, 3.8) is 0 Å². The molecule has 2 N–H and O–H groups in total. The summed E-state index contributed by atoms with van der Waals surface area (Å²) in [6.07, 6.45) is 1.33. The highest BCUT2D eigenvalue weighted by Gasteiger charge is 2.46. The Labute approximate surface area is 107 Å². The molecule has 0 amide bonds. The van der Waals surface area contributed by atoms with Gasteiger partial charge in [0.15, 0.2) is 12.2 Å². The molecule has 0 aromatic rings. The van der Waals surface area contributed by atoms with Gasteiger partial charge in [0.05, 0.1) is 0 Å². The average Bonchev–Trinajstić information content (AvgIpc) is 2.65. The van der Waals surface area contributed by atoms with Crippen molar-refractivity contribution in [2.75, 3.05) is 7.11 Å². The Morgan fingerprint density at radius 3 is 2.44 bits per heavy atom. The average molecular weight is 258 g/mol. The Kier molecular flexibility index (Phi) is 5.78. The van der Waals surface area contributed by atoms with Gasteiger partial charge < -0.3 is 19.7 Å². The Morgan fingerprint density at radius 1 is 1.39 bits per heavy atom. The van der Waals surface area contributed by atoms with E-state index in [1.807, 2.05) is 6.08 Å². The lowest BCUT2D eigenvalue weighted by atomic mass is 10.00. The third kappa shape index (κ3) is 3.31. The second-order valence-electron chi connectivity index (χ2n) is 4.50. The first-order valence-electron chi connectivity index (χ1n) is 6.32. The molecule has 5 heteroatoms. The molecule has 1 heterocycles. The van der Waals surface area contributed by atoms with Gasteiger partial charge in [-0.25, -0.2) is 4.79 Å². The molecule has 0 saturated carbocycles. The van der Waals surface area contributed by atoms with Gasteiger partial charge in [0.1, 0.15) is 12.2 Å². The lowest BCUT2D eigenvalue weighted by molar-refractivity contribution is -0.150. The van der Waals surface area contributed by atoms with Crippen molar-refractivity contribution < 1.29 is 24.5 Å². The van der Waals surface area contributed by atoms with Crippen molar-refractivity contribution in [2.45, 2.75) is 51.1 Å². The number of carbonyl (C=O) groups excluding carboxylic acids is 1. The number of rotatable bonds is 6. The maximum atomic E-state index is 11.3. The summed E-state index contributed by atoms with van der Waals surface area (Å²) >= 11 is 0. The van der Waals surface area contributed by atoms with Crippen molar-refractivity contribution in [3.05, 3.63) is 12.2 Å². The number of ether oxygens (including phenoxy) is 2. The maximum absolute atomic E-state index is 11.3. The summed E-state index contributed by atoms with van der Waals surface area (Å²) in [7, 11) is 1.32. The van der Waals surface area contributed by atoms with Crippen LogP contribution in [0.1, 0.15) is 26.7 Å². The van der Waals surface area contributed by atoms with Crippen LogP contribution >= 0.6 is 0 Å². The molecule has 1 saturated heterocycles. The van der Waals surface area contributed by atoms with Gasteiger partial charge in [0, 0.05) is 7.11 Å². The fraction of sp³-hybridized carbons (Fsp3) is 0.769. The van der Waals surface area contributed by atoms with Crippen molar-refractivity contribution in [1.29, 1.82) is 0 Å². The van der Waals surface area contributed by atoms with E-state index in [1.165, 1.54) is 7.11 Å². The smallest absolute Gasteiger partial charge is 0.338 e. The summed E-state index contributed by atoms with van der Waals surface area (Å²) in [5, 5.41) is 19.7. The predicted octanol–water partition coefficient (Wildman–Crippen LogP) is 0.641. The fourth-order valence-electron chi connectivity index (χ4n) is 2.03. The number of hydrogen-bond acceptors (Lipinski definition) is 5. The largest absolute Gasteiger partial charge is 0.454 e. The summed E-state index contributed by atoms with van der Waals surface area (Å²) < 4.78 is 9.75. The number of esters is 1. The Hall–Kier alpha value is -0.910. The fourth-order valence-corrected chi connectivity index (χ4v) is 2.03. The van der Waals surface area contributed by atoms with Gasteiger partial charge >= 0.3 is 5.97 Å². The van der Waals surface area contributed by atoms with Crippen LogP contribution in [0.4, 0.5) is 0 Å². The second kappa shape index (κ2) is 6.87. The molecule has 0 aromatic carbocycles. The summed E-state index contributed by atoms with van der Waals surface area (Å²) in [5.41, 5.74) is 0. The van der Waals surface area contributed by atoms with E-state index in [1.54, 1.807) is 6.08 Å². The molecule has 18 heavy (non-hydrogen) atoms. The van der Waals surface area contributed by atoms with E-state index in [-0.39, 0.29) is 0 Å². The summed E-state index contributed by atoms with van der Waals surface area (Å²) in [5.74, 6) is -0.253. The van der Waals surface area contributed by atoms with E-state index in [0.29, 0.717) is 5.92 Å².